The number of ether oxygens (including phenoxy) is 1. The molecule has 1 nitrogen and oxygen atoms in total. The first-order valence-electron chi connectivity index (χ1n) is 3.69. The molecule has 56 valence electrons. The second-order valence-corrected chi connectivity index (χ2v) is 2.77. The molecule has 0 heterocycles. The molecular formula is C9H14O. The van der Waals surface area contributed by atoms with Crippen LogP contribution in [0.5, 0.6) is 0 Å². The predicted molar refractivity (Wildman–Crippen MR) is 42.7 cm³/mol. The summed E-state index contributed by atoms with van der Waals surface area (Å²) >= 11 is 0. The Balaban J connectivity index is 2.49. The van der Waals surface area contributed by atoms with Crippen LogP contribution >= 0.6 is 0 Å². The molecule has 1 aliphatic rings. The summed E-state index contributed by atoms with van der Waals surface area (Å²) in [6, 6.07) is 0. The van der Waals surface area contributed by atoms with Crippen LogP contribution in [0.3, 0.4) is 0 Å². The first kappa shape index (κ1) is 7.39. The maximum Gasteiger partial charge on any atom is 0.0819 e. The van der Waals surface area contributed by atoms with Crippen molar-refractivity contribution in [1.29, 1.82) is 0 Å². The Bertz CT molecular complexity index is 166. The van der Waals surface area contributed by atoms with E-state index in [0.717, 1.165) is 6.42 Å². The molecule has 10 heavy (non-hydrogen) atoms. The third kappa shape index (κ3) is 1.90. The fraction of sp³-hybridized carbons (Fsp3) is 0.556. The number of methoxy groups -OCH3 is 1. The molecule has 0 unspecified atom stereocenters. The van der Waals surface area contributed by atoms with Gasteiger partial charge in [0.2, 0.25) is 0 Å². The van der Waals surface area contributed by atoms with Gasteiger partial charge in [-0.2, -0.15) is 0 Å². The molecule has 0 bridgehead atoms. The third-order valence-electron chi connectivity index (χ3n) is 1.84. The molecule has 1 heteroatoms. The Labute approximate surface area is 62.4 Å². The van der Waals surface area contributed by atoms with E-state index in [0.29, 0.717) is 0 Å². The van der Waals surface area contributed by atoms with Crippen molar-refractivity contribution in [3.8, 4) is 0 Å². The van der Waals surface area contributed by atoms with E-state index in [4.69, 9.17) is 4.74 Å². The highest BCUT2D eigenvalue weighted by molar-refractivity contribution is 5.16. The summed E-state index contributed by atoms with van der Waals surface area (Å²) in [6.07, 6.45) is 7.60. The predicted octanol–water partition coefficient (Wildman–Crippen LogP) is 2.65. The Morgan fingerprint density at radius 3 is 2.80 bits per heavy atom. The quantitative estimate of drug-likeness (QED) is 0.400. The van der Waals surface area contributed by atoms with Crippen molar-refractivity contribution in [1.82, 2.24) is 0 Å². The van der Waals surface area contributed by atoms with Crippen molar-refractivity contribution in [2.75, 3.05) is 7.11 Å². The molecule has 0 aromatic heterocycles. The maximum atomic E-state index is 4.93. The second-order valence-electron chi connectivity index (χ2n) is 2.77. The molecule has 0 saturated carbocycles. The normalized spacial score (nSPS) is 22.6. The standard InChI is InChI=1S/C9H14O/c1-8-3-5-9(6-4-8)7-10-2/h3,7H,4-6H2,1-2H3/b9-7-. The number of rotatable bonds is 1. The average Bonchev–Trinajstić information content (AvgIpc) is 1.95. The van der Waals surface area contributed by atoms with Gasteiger partial charge in [-0.3, -0.25) is 0 Å². The lowest BCUT2D eigenvalue weighted by atomic mass is 9.97. The van der Waals surface area contributed by atoms with E-state index in [2.05, 4.69) is 13.0 Å². The van der Waals surface area contributed by atoms with Crippen molar-refractivity contribution < 1.29 is 4.74 Å². The van der Waals surface area contributed by atoms with Crippen LogP contribution in [0.15, 0.2) is 23.5 Å². The summed E-state index contributed by atoms with van der Waals surface area (Å²) < 4.78 is 4.93. The monoisotopic (exact) mass is 138 g/mol. The topological polar surface area (TPSA) is 9.23 Å². The number of hydrogen-bond donors (Lipinski definition) is 0. The van der Waals surface area contributed by atoms with Gasteiger partial charge in [0.15, 0.2) is 0 Å². The van der Waals surface area contributed by atoms with Crippen LogP contribution in [0.1, 0.15) is 26.2 Å². The van der Waals surface area contributed by atoms with Crippen LogP contribution < -0.4 is 0 Å². The van der Waals surface area contributed by atoms with Crippen LogP contribution in [-0.2, 0) is 4.74 Å². The summed E-state index contributed by atoms with van der Waals surface area (Å²) in [4.78, 5) is 0. The van der Waals surface area contributed by atoms with Gasteiger partial charge in [0.1, 0.15) is 0 Å². The van der Waals surface area contributed by atoms with Gasteiger partial charge >= 0.3 is 0 Å². The molecule has 0 aromatic carbocycles. The Morgan fingerprint density at radius 2 is 2.30 bits per heavy atom. The molecule has 0 spiro atoms. The first-order valence-corrected chi connectivity index (χ1v) is 3.69. The van der Waals surface area contributed by atoms with Gasteiger partial charge in [-0.05, 0) is 31.8 Å². The van der Waals surface area contributed by atoms with Crippen molar-refractivity contribution in [3.05, 3.63) is 23.5 Å². The fourth-order valence-electron chi connectivity index (χ4n) is 1.14. The number of hydrogen-bond acceptors (Lipinski definition) is 1. The minimum Gasteiger partial charge on any atom is -0.504 e. The van der Waals surface area contributed by atoms with E-state index in [1.54, 1.807) is 7.11 Å². The van der Waals surface area contributed by atoms with Gasteiger partial charge in [0.25, 0.3) is 0 Å². The molecule has 0 aromatic rings. The lowest BCUT2D eigenvalue weighted by molar-refractivity contribution is 0.331. The SMILES string of the molecule is CO/C=C1/CC=C(C)CC1. The third-order valence-corrected chi connectivity index (χ3v) is 1.84. The van der Waals surface area contributed by atoms with Crippen LogP contribution in [0.25, 0.3) is 0 Å². The zero-order valence-electron chi connectivity index (χ0n) is 6.68. The van der Waals surface area contributed by atoms with Gasteiger partial charge in [-0.25, -0.2) is 0 Å². The van der Waals surface area contributed by atoms with E-state index in [9.17, 15) is 0 Å². The van der Waals surface area contributed by atoms with Crippen LogP contribution in [0, 0.1) is 0 Å². The molecule has 1 rings (SSSR count). The lowest BCUT2D eigenvalue weighted by Gasteiger charge is -2.11. The minimum absolute atomic E-state index is 1.08. The van der Waals surface area contributed by atoms with Crippen molar-refractivity contribution in [2.45, 2.75) is 26.2 Å². The van der Waals surface area contributed by atoms with E-state index in [1.165, 1.54) is 24.0 Å². The molecule has 1 aliphatic carbocycles. The first-order chi connectivity index (χ1) is 4.83. The lowest BCUT2D eigenvalue weighted by Crippen LogP contribution is -1.92. The summed E-state index contributed by atoms with van der Waals surface area (Å²) in [5, 5.41) is 0. The van der Waals surface area contributed by atoms with Gasteiger partial charge in [-0.15, -0.1) is 0 Å². The van der Waals surface area contributed by atoms with Crippen molar-refractivity contribution >= 4 is 0 Å². The summed E-state index contributed by atoms with van der Waals surface area (Å²) in [5.41, 5.74) is 2.92. The van der Waals surface area contributed by atoms with Gasteiger partial charge in [0, 0.05) is 0 Å². The average molecular weight is 138 g/mol. The van der Waals surface area contributed by atoms with E-state index in [-0.39, 0.29) is 0 Å². The zero-order chi connectivity index (χ0) is 7.40. The Hall–Kier alpha value is -0.720. The van der Waals surface area contributed by atoms with E-state index >= 15 is 0 Å². The molecular weight excluding hydrogens is 124 g/mol. The molecule has 0 N–H and O–H groups in total. The molecule has 0 amide bonds. The highest BCUT2D eigenvalue weighted by Crippen LogP contribution is 2.21. The number of allylic oxidation sites excluding steroid dienone is 3. The Kier molecular flexibility index (Phi) is 2.55. The van der Waals surface area contributed by atoms with Crippen LogP contribution in [0.4, 0.5) is 0 Å². The molecule has 0 atom stereocenters. The van der Waals surface area contributed by atoms with E-state index < -0.39 is 0 Å². The summed E-state index contributed by atoms with van der Waals surface area (Å²) in [7, 11) is 1.71. The largest absolute Gasteiger partial charge is 0.504 e. The van der Waals surface area contributed by atoms with Crippen LogP contribution in [0.2, 0.25) is 0 Å². The summed E-state index contributed by atoms with van der Waals surface area (Å²) in [6.45, 7) is 2.18. The fourth-order valence-corrected chi connectivity index (χ4v) is 1.14. The van der Waals surface area contributed by atoms with Gasteiger partial charge in [0.05, 0.1) is 13.4 Å². The molecule has 0 radical (unpaired) electrons. The highest BCUT2D eigenvalue weighted by Gasteiger charge is 2.03. The Morgan fingerprint density at radius 1 is 1.50 bits per heavy atom. The molecule has 0 saturated heterocycles. The van der Waals surface area contributed by atoms with Gasteiger partial charge in [-0.1, -0.05) is 11.6 Å². The molecule has 0 fully saturated rings. The summed E-state index contributed by atoms with van der Waals surface area (Å²) in [5.74, 6) is 0. The van der Waals surface area contributed by atoms with Crippen LogP contribution in [-0.4, -0.2) is 7.11 Å². The minimum atomic E-state index is 1.08. The van der Waals surface area contributed by atoms with Crippen molar-refractivity contribution in [3.63, 3.8) is 0 Å². The second kappa shape index (κ2) is 3.45. The van der Waals surface area contributed by atoms with E-state index in [1.807, 2.05) is 6.26 Å². The highest BCUT2D eigenvalue weighted by atomic mass is 16.5. The molecule has 0 aliphatic heterocycles. The smallest absolute Gasteiger partial charge is 0.0819 e. The van der Waals surface area contributed by atoms with Gasteiger partial charge < -0.3 is 4.74 Å². The zero-order valence-corrected chi connectivity index (χ0v) is 6.68. The van der Waals surface area contributed by atoms with Crippen molar-refractivity contribution in [2.24, 2.45) is 0 Å². The maximum absolute atomic E-state index is 4.93.